The lowest BCUT2D eigenvalue weighted by Gasteiger charge is -2.15. The topological polar surface area (TPSA) is 75.4 Å². The average Bonchev–Trinajstić information content (AvgIpc) is 2.66. The van der Waals surface area contributed by atoms with Crippen LogP contribution in [0, 0.1) is 0 Å². The molecule has 1 unspecified atom stereocenters. The van der Waals surface area contributed by atoms with Gasteiger partial charge in [-0.1, -0.05) is 11.6 Å². The molecule has 102 valence electrons. The first-order valence-corrected chi connectivity index (χ1v) is 6.35. The van der Waals surface area contributed by atoms with E-state index in [9.17, 15) is 9.90 Å². The highest BCUT2D eigenvalue weighted by molar-refractivity contribution is 6.31. The van der Waals surface area contributed by atoms with Crippen molar-refractivity contribution >= 4 is 28.6 Å². The molecule has 0 aliphatic heterocycles. The minimum absolute atomic E-state index is 0.0434. The van der Waals surface area contributed by atoms with E-state index >= 15 is 0 Å². The zero-order chi connectivity index (χ0) is 14.2. The van der Waals surface area contributed by atoms with E-state index in [1.807, 2.05) is 18.4 Å². The van der Waals surface area contributed by atoms with E-state index in [1.54, 1.807) is 18.2 Å². The molecule has 1 aromatic heterocycles. The molecule has 0 spiro atoms. The Bertz CT molecular complexity index is 622. The average molecular weight is 283 g/mol. The number of imidazole rings is 1. The Kier molecular flexibility index (Phi) is 3.78. The fraction of sp³-hybridized carbons (Fsp3) is 0.385. The van der Waals surface area contributed by atoms with E-state index in [1.165, 1.54) is 0 Å². The van der Waals surface area contributed by atoms with Gasteiger partial charge in [-0.3, -0.25) is 4.79 Å². The number of nitrogens with zero attached hydrogens (tertiary/aromatic N) is 2. The second-order valence-corrected chi connectivity index (χ2v) is 5.12. The molecule has 0 saturated heterocycles. The maximum absolute atomic E-state index is 10.7. The van der Waals surface area contributed by atoms with Crippen LogP contribution in [-0.2, 0) is 4.79 Å². The third-order valence-electron chi connectivity index (χ3n) is 2.86. The summed E-state index contributed by atoms with van der Waals surface area (Å²) in [6.07, 6.45) is -1.50. The van der Waals surface area contributed by atoms with Crippen LogP contribution in [0.15, 0.2) is 18.2 Å². The summed E-state index contributed by atoms with van der Waals surface area (Å²) in [6.45, 7) is 3.89. The zero-order valence-corrected chi connectivity index (χ0v) is 11.4. The molecule has 0 fully saturated rings. The van der Waals surface area contributed by atoms with Gasteiger partial charge in [0, 0.05) is 11.1 Å². The van der Waals surface area contributed by atoms with Gasteiger partial charge in [-0.15, -0.1) is 0 Å². The Morgan fingerprint density at radius 3 is 2.74 bits per heavy atom. The van der Waals surface area contributed by atoms with Gasteiger partial charge in [0.15, 0.2) is 0 Å². The van der Waals surface area contributed by atoms with Gasteiger partial charge in [-0.25, -0.2) is 4.98 Å². The van der Waals surface area contributed by atoms with Crippen molar-refractivity contribution in [2.75, 3.05) is 0 Å². The lowest BCUT2D eigenvalue weighted by atomic mass is 10.2. The summed E-state index contributed by atoms with van der Waals surface area (Å²) in [6, 6.07) is 5.28. The van der Waals surface area contributed by atoms with Gasteiger partial charge < -0.3 is 14.8 Å². The molecular weight excluding hydrogens is 268 g/mol. The lowest BCUT2D eigenvalue weighted by Crippen LogP contribution is -2.13. The smallest absolute Gasteiger partial charge is 0.306 e. The summed E-state index contributed by atoms with van der Waals surface area (Å²) in [5, 5.41) is 19.3. The minimum Gasteiger partial charge on any atom is -0.481 e. The molecule has 0 saturated carbocycles. The number of rotatable bonds is 4. The van der Waals surface area contributed by atoms with Crippen molar-refractivity contribution in [3.8, 4) is 0 Å². The van der Waals surface area contributed by atoms with Gasteiger partial charge in [0.05, 0.1) is 17.5 Å². The molecule has 5 nitrogen and oxygen atoms in total. The third-order valence-corrected chi connectivity index (χ3v) is 3.10. The zero-order valence-electron chi connectivity index (χ0n) is 10.7. The number of fused-ring (bicyclic) bond motifs is 1. The minimum atomic E-state index is -1.13. The van der Waals surface area contributed by atoms with E-state index in [0.717, 1.165) is 5.52 Å². The van der Waals surface area contributed by atoms with E-state index in [4.69, 9.17) is 16.7 Å². The first kappa shape index (κ1) is 13.8. The Hall–Kier alpha value is -1.59. The van der Waals surface area contributed by atoms with Crippen LogP contribution in [-0.4, -0.2) is 25.7 Å². The molecule has 0 aliphatic rings. The maximum atomic E-state index is 10.7. The first-order chi connectivity index (χ1) is 8.90. The Morgan fingerprint density at radius 1 is 1.47 bits per heavy atom. The number of aliphatic hydroxyl groups is 1. The van der Waals surface area contributed by atoms with E-state index in [0.29, 0.717) is 16.4 Å². The molecule has 0 aliphatic carbocycles. The number of aliphatic hydroxyl groups excluding tert-OH is 1. The second kappa shape index (κ2) is 5.19. The molecular formula is C13H15ClN2O3. The summed E-state index contributed by atoms with van der Waals surface area (Å²) in [5.41, 5.74) is 1.49. The highest BCUT2D eigenvalue weighted by Crippen LogP contribution is 2.28. The molecule has 19 heavy (non-hydrogen) atoms. The van der Waals surface area contributed by atoms with Crippen molar-refractivity contribution in [2.24, 2.45) is 0 Å². The number of hydrogen-bond acceptors (Lipinski definition) is 3. The van der Waals surface area contributed by atoms with Crippen LogP contribution in [0.1, 0.15) is 38.2 Å². The van der Waals surface area contributed by atoms with Crippen LogP contribution in [0.4, 0.5) is 0 Å². The number of carboxylic acid groups (broad SMARTS) is 1. The van der Waals surface area contributed by atoms with Crippen molar-refractivity contribution in [3.05, 3.63) is 29.0 Å². The molecule has 1 heterocycles. The maximum Gasteiger partial charge on any atom is 0.306 e. The highest BCUT2D eigenvalue weighted by Gasteiger charge is 2.22. The fourth-order valence-electron chi connectivity index (χ4n) is 2.12. The Morgan fingerprint density at radius 2 is 2.16 bits per heavy atom. The molecule has 0 radical (unpaired) electrons. The number of aromatic nitrogens is 2. The predicted molar refractivity (Wildman–Crippen MR) is 72.3 cm³/mol. The van der Waals surface area contributed by atoms with Gasteiger partial charge in [0.2, 0.25) is 0 Å². The lowest BCUT2D eigenvalue weighted by molar-refractivity contribution is -0.139. The summed E-state index contributed by atoms with van der Waals surface area (Å²) in [7, 11) is 0. The van der Waals surface area contributed by atoms with E-state index < -0.39 is 12.1 Å². The molecule has 2 rings (SSSR count). The molecule has 2 aromatic rings. The number of aliphatic carboxylic acids is 1. The number of hydrogen-bond donors (Lipinski definition) is 2. The monoisotopic (exact) mass is 282 g/mol. The number of carbonyl (C=O) groups is 1. The van der Waals surface area contributed by atoms with Crippen molar-refractivity contribution in [1.29, 1.82) is 0 Å². The summed E-state index contributed by atoms with van der Waals surface area (Å²) < 4.78 is 1.81. The van der Waals surface area contributed by atoms with E-state index in [2.05, 4.69) is 4.98 Å². The van der Waals surface area contributed by atoms with Crippen LogP contribution in [0.5, 0.6) is 0 Å². The van der Waals surface area contributed by atoms with Gasteiger partial charge in [0.1, 0.15) is 11.9 Å². The Balaban J connectivity index is 2.59. The third kappa shape index (κ3) is 2.72. The molecule has 0 amide bonds. The second-order valence-electron chi connectivity index (χ2n) is 4.68. The normalized spacial score (nSPS) is 13.1. The number of carboxylic acids is 1. The summed E-state index contributed by atoms with van der Waals surface area (Å²) in [4.78, 5) is 15.0. The van der Waals surface area contributed by atoms with Gasteiger partial charge in [-0.2, -0.15) is 0 Å². The van der Waals surface area contributed by atoms with Crippen molar-refractivity contribution in [1.82, 2.24) is 9.55 Å². The van der Waals surface area contributed by atoms with Gasteiger partial charge in [-0.05, 0) is 32.0 Å². The van der Waals surface area contributed by atoms with Gasteiger partial charge >= 0.3 is 5.97 Å². The predicted octanol–water partition coefficient (Wildman–Crippen LogP) is 2.78. The molecule has 0 bridgehead atoms. The standard InChI is InChI=1S/C13H15ClN2O3/c1-7(2)16-10-5-8(14)3-4-9(10)15-13(16)11(17)6-12(18)19/h3-5,7,11,17H,6H2,1-2H3,(H,18,19). The molecule has 1 aromatic carbocycles. The number of halogens is 1. The summed E-state index contributed by atoms with van der Waals surface area (Å²) >= 11 is 5.97. The highest BCUT2D eigenvalue weighted by atomic mass is 35.5. The largest absolute Gasteiger partial charge is 0.481 e. The van der Waals surface area contributed by atoms with Crippen molar-refractivity contribution in [3.63, 3.8) is 0 Å². The molecule has 1 atom stereocenters. The quantitative estimate of drug-likeness (QED) is 0.904. The van der Waals surface area contributed by atoms with Gasteiger partial charge in [0.25, 0.3) is 0 Å². The van der Waals surface area contributed by atoms with E-state index in [-0.39, 0.29) is 12.5 Å². The van der Waals surface area contributed by atoms with Crippen molar-refractivity contribution in [2.45, 2.75) is 32.4 Å². The van der Waals surface area contributed by atoms with Crippen LogP contribution >= 0.6 is 11.6 Å². The molecule has 6 heteroatoms. The SMILES string of the molecule is CC(C)n1c(C(O)CC(=O)O)nc2ccc(Cl)cc21. The summed E-state index contributed by atoms with van der Waals surface area (Å²) in [5.74, 6) is -0.706. The fourth-order valence-corrected chi connectivity index (χ4v) is 2.29. The Labute approximate surface area is 115 Å². The first-order valence-electron chi connectivity index (χ1n) is 5.97. The van der Waals surface area contributed by atoms with Crippen LogP contribution in [0.2, 0.25) is 5.02 Å². The van der Waals surface area contributed by atoms with Crippen molar-refractivity contribution < 1.29 is 15.0 Å². The van der Waals surface area contributed by atoms with Crippen LogP contribution in [0.3, 0.4) is 0 Å². The molecule has 2 N–H and O–H groups in total. The number of benzene rings is 1. The van der Waals surface area contributed by atoms with Crippen LogP contribution in [0.25, 0.3) is 11.0 Å². The van der Waals surface area contributed by atoms with Crippen LogP contribution < -0.4 is 0 Å².